The SMILES string of the molecule is CC[C@H]1CC2C3CC[C@H]([C@H](C)CCC(=O)NS(=O)(=O)c4ccc(OC)nc4)[C@@]3(C)CCC2[C@@]2(C)CCCC[C@@H]12. The van der Waals surface area contributed by atoms with Crippen molar-refractivity contribution in [3.8, 4) is 5.88 Å². The van der Waals surface area contributed by atoms with Gasteiger partial charge in [0.15, 0.2) is 0 Å². The van der Waals surface area contributed by atoms with Gasteiger partial charge in [-0.2, -0.15) is 0 Å². The molecule has 0 radical (unpaired) electrons. The van der Waals surface area contributed by atoms with Crippen molar-refractivity contribution in [3.63, 3.8) is 0 Å². The second kappa shape index (κ2) is 11.0. The largest absolute Gasteiger partial charge is 0.481 e. The summed E-state index contributed by atoms with van der Waals surface area (Å²) in [4.78, 5) is 16.7. The molecule has 1 aromatic rings. The van der Waals surface area contributed by atoms with Gasteiger partial charge in [0.05, 0.1) is 13.3 Å². The highest BCUT2D eigenvalue weighted by Crippen LogP contribution is 2.69. The van der Waals surface area contributed by atoms with Gasteiger partial charge in [0.2, 0.25) is 11.8 Å². The molecule has 5 rings (SSSR count). The van der Waals surface area contributed by atoms with E-state index in [0.29, 0.717) is 28.5 Å². The molecule has 0 aromatic carbocycles. The molecular formula is C32H50N2O4S. The number of sulfonamides is 1. The Hall–Kier alpha value is -1.63. The predicted octanol–water partition coefficient (Wildman–Crippen LogP) is 7.00. The van der Waals surface area contributed by atoms with Crippen LogP contribution in [0.1, 0.15) is 105 Å². The van der Waals surface area contributed by atoms with Gasteiger partial charge in [0.1, 0.15) is 4.90 Å². The summed E-state index contributed by atoms with van der Waals surface area (Å²) in [5.74, 6) is 5.27. The highest BCUT2D eigenvalue weighted by atomic mass is 32.2. The first-order valence-electron chi connectivity index (χ1n) is 15.6. The first kappa shape index (κ1) is 28.9. The van der Waals surface area contributed by atoms with Crippen LogP contribution in [0.3, 0.4) is 0 Å². The summed E-state index contributed by atoms with van der Waals surface area (Å²) in [5, 5.41) is 0. The van der Waals surface area contributed by atoms with Crippen molar-refractivity contribution in [2.45, 2.75) is 110 Å². The number of carbonyl (C=O) groups is 1. The van der Waals surface area contributed by atoms with Gasteiger partial charge in [-0.25, -0.2) is 18.1 Å². The average molecular weight is 559 g/mol. The number of carbonyl (C=O) groups excluding carboxylic acids is 1. The van der Waals surface area contributed by atoms with E-state index in [1.54, 1.807) is 0 Å². The van der Waals surface area contributed by atoms with E-state index in [-0.39, 0.29) is 11.3 Å². The maximum Gasteiger partial charge on any atom is 0.265 e. The van der Waals surface area contributed by atoms with Crippen LogP contribution in [0.15, 0.2) is 23.2 Å². The number of fused-ring (bicyclic) bond motifs is 5. The van der Waals surface area contributed by atoms with E-state index in [1.807, 2.05) is 0 Å². The average Bonchev–Trinajstić information content (AvgIpc) is 3.28. The molecule has 39 heavy (non-hydrogen) atoms. The lowest BCUT2D eigenvalue weighted by Gasteiger charge is -2.63. The minimum Gasteiger partial charge on any atom is -0.481 e. The molecule has 4 aliphatic carbocycles. The molecule has 0 bridgehead atoms. The van der Waals surface area contributed by atoms with Gasteiger partial charge in [-0.1, -0.05) is 47.0 Å². The molecule has 218 valence electrons. The molecule has 7 heteroatoms. The second-order valence-electron chi connectivity index (χ2n) is 13.9. The zero-order chi connectivity index (χ0) is 28.0. The van der Waals surface area contributed by atoms with Crippen LogP contribution in [0, 0.1) is 52.3 Å². The van der Waals surface area contributed by atoms with Crippen molar-refractivity contribution in [1.29, 1.82) is 0 Å². The standard InChI is InChI=1S/C32H50N2O4S/c1-6-22-19-24-27-13-12-25(32(27,4)18-16-28(24)31(3)17-8-7-9-26(22)31)21(2)10-14-29(35)34-39(36,37)23-11-15-30(38-5)33-20-23/h11,15,20-22,24-28H,6-10,12-14,16-19H2,1-5H3,(H,34,35)/t21-,22+,24?,25-,26+,27?,28?,31+,32-/m1/s1. The molecular weight excluding hydrogens is 508 g/mol. The number of pyridine rings is 1. The molecule has 1 amide bonds. The van der Waals surface area contributed by atoms with Crippen LogP contribution in [0.2, 0.25) is 0 Å². The zero-order valence-electron chi connectivity index (χ0n) is 24.7. The third kappa shape index (κ3) is 5.15. The summed E-state index contributed by atoms with van der Waals surface area (Å²) >= 11 is 0. The lowest BCUT2D eigenvalue weighted by Crippen LogP contribution is -2.55. The number of aromatic nitrogens is 1. The zero-order valence-corrected chi connectivity index (χ0v) is 25.6. The highest BCUT2D eigenvalue weighted by Gasteiger charge is 2.61. The second-order valence-corrected chi connectivity index (χ2v) is 15.6. The Labute approximate surface area is 236 Å². The molecule has 6 nitrogen and oxygen atoms in total. The number of hydrogen-bond acceptors (Lipinski definition) is 5. The van der Waals surface area contributed by atoms with Crippen LogP contribution in [0.25, 0.3) is 0 Å². The van der Waals surface area contributed by atoms with Crippen molar-refractivity contribution < 1.29 is 17.9 Å². The Morgan fingerprint density at radius 1 is 1.08 bits per heavy atom. The summed E-state index contributed by atoms with van der Waals surface area (Å²) < 4.78 is 32.6. The number of hydrogen-bond donors (Lipinski definition) is 1. The fraction of sp³-hybridized carbons (Fsp3) is 0.812. The molecule has 1 heterocycles. The summed E-state index contributed by atoms with van der Waals surface area (Å²) in [7, 11) is -2.46. The molecule has 4 saturated carbocycles. The van der Waals surface area contributed by atoms with E-state index in [1.165, 1.54) is 89.6 Å². The summed E-state index contributed by atoms with van der Waals surface area (Å²) in [5.41, 5.74) is 0.879. The quantitative estimate of drug-likeness (QED) is 0.371. The molecule has 3 unspecified atom stereocenters. The molecule has 9 atom stereocenters. The topological polar surface area (TPSA) is 85.4 Å². The minimum absolute atomic E-state index is 0.0284. The summed E-state index contributed by atoms with van der Waals surface area (Å²) in [6, 6.07) is 2.89. The molecule has 4 aliphatic rings. The Bertz CT molecular complexity index is 1140. The molecule has 0 saturated heterocycles. The third-order valence-electron chi connectivity index (χ3n) is 12.3. The molecule has 0 aliphatic heterocycles. The van der Waals surface area contributed by atoms with Gasteiger partial charge in [0, 0.05) is 12.5 Å². The Morgan fingerprint density at radius 2 is 1.85 bits per heavy atom. The van der Waals surface area contributed by atoms with E-state index in [9.17, 15) is 13.2 Å². The Balaban J connectivity index is 1.22. The lowest BCUT2D eigenvalue weighted by molar-refractivity contribution is -0.138. The van der Waals surface area contributed by atoms with Crippen molar-refractivity contribution >= 4 is 15.9 Å². The number of methoxy groups -OCH3 is 1. The smallest absolute Gasteiger partial charge is 0.265 e. The number of rotatable bonds is 8. The monoisotopic (exact) mass is 558 g/mol. The van der Waals surface area contributed by atoms with Crippen LogP contribution in [0.4, 0.5) is 0 Å². The van der Waals surface area contributed by atoms with Crippen LogP contribution in [-0.4, -0.2) is 26.4 Å². The third-order valence-corrected chi connectivity index (χ3v) is 13.7. The molecule has 1 N–H and O–H groups in total. The maximum absolute atomic E-state index is 12.7. The first-order valence-corrected chi connectivity index (χ1v) is 17.1. The minimum atomic E-state index is -3.94. The van der Waals surface area contributed by atoms with Gasteiger partial charge in [-0.3, -0.25) is 4.79 Å². The van der Waals surface area contributed by atoms with Crippen LogP contribution < -0.4 is 9.46 Å². The molecule has 0 spiro atoms. The van der Waals surface area contributed by atoms with Crippen molar-refractivity contribution in [2.75, 3.05) is 7.11 Å². The van der Waals surface area contributed by atoms with Gasteiger partial charge in [-0.15, -0.1) is 0 Å². The highest BCUT2D eigenvalue weighted by molar-refractivity contribution is 7.90. The Kier molecular flexibility index (Phi) is 8.13. The van der Waals surface area contributed by atoms with E-state index < -0.39 is 15.9 Å². The molecule has 1 aromatic heterocycles. The fourth-order valence-corrected chi connectivity index (χ4v) is 11.4. The number of amides is 1. The van der Waals surface area contributed by atoms with Crippen molar-refractivity contribution in [1.82, 2.24) is 9.71 Å². The van der Waals surface area contributed by atoms with Gasteiger partial charge < -0.3 is 4.74 Å². The van der Waals surface area contributed by atoms with Gasteiger partial charge in [-0.05, 0) is 110 Å². The van der Waals surface area contributed by atoms with Gasteiger partial charge in [0.25, 0.3) is 10.0 Å². The van der Waals surface area contributed by atoms with Crippen LogP contribution in [-0.2, 0) is 14.8 Å². The normalized spacial score (nSPS) is 38.7. The number of nitrogens with zero attached hydrogens (tertiary/aromatic N) is 1. The van der Waals surface area contributed by atoms with E-state index in [0.717, 1.165) is 36.0 Å². The van der Waals surface area contributed by atoms with E-state index in [2.05, 4.69) is 37.4 Å². The summed E-state index contributed by atoms with van der Waals surface area (Å²) in [6.07, 6.45) is 15.9. The van der Waals surface area contributed by atoms with Crippen LogP contribution >= 0.6 is 0 Å². The number of ether oxygens (including phenoxy) is 1. The van der Waals surface area contributed by atoms with E-state index >= 15 is 0 Å². The summed E-state index contributed by atoms with van der Waals surface area (Å²) in [6.45, 7) is 9.97. The maximum atomic E-state index is 12.7. The van der Waals surface area contributed by atoms with Crippen LogP contribution in [0.5, 0.6) is 5.88 Å². The number of nitrogens with one attached hydrogen (secondary N) is 1. The lowest BCUT2D eigenvalue weighted by atomic mass is 9.42. The van der Waals surface area contributed by atoms with E-state index in [4.69, 9.17) is 4.74 Å². The first-order chi connectivity index (χ1) is 18.5. The fourth-order valence-electron chi connectivity index (χ4n) is 10.5. The van der Waals surface area contributed by atoms with Crippen molar-refractivity contribution in [2.24, 2.45) is 52.3 Å². The van der Waals surface area contributed by atoms with Gasteiger partial charge >= 0.3 is 0 Å². The molecule has 4 fully saturated rings. The predicted molar refractivity (Wildman–Crippen MR) is 154 cm³/mol. The Morgan fingerprint density at radius 3 is 2.54 bits per heavy atom. The van der Waals surface area contributed by atoms with Crippen molar-refractivity contribution in [3.05, 3.63) is 18.3 Å².